The van der Waals surface area contributed by atoms with Crippen LogP contribution >= 0.6 is 0 Å². The topological polar surface area (TPSA) is 172 Å². The number of amides is 1. The van der Waals surface area contributed by atoms with E-state index in [0.717, 1.165) is 24.8 Å². The van der Waals surface area contributed by atoms with Crippen molar-refractivity contribution in [1.82, 2.24) is 9.62 Å². The average molecular weight is 552 g/mol. The molecule has 12 nitrogen and oxygen atoms in total. The minimum atomic E-state index is -3.48. The number of aliphatic carboxylic acids is 2. The number of anilines is 1. The molecule has 0 aromatic heterocycles. The molecule has 0 bridgehead atoms. The fraction of sp³-hybridized carbons (Fsp3) is 0.400. The van der Waals surface area contributed by atoms with Crippen LogP contribution in [0.1, 0.15) is 31.7 Å². The first-order valence-electron chi connectivity index (χ1n) is 11.8. The number of rotatable bonds is 9. The number of benzene rings is 2. The molecule has 0 aliphatic carbocycles. The summed E-state index contributed by atoms with van der Waals surface area (Å²) >= 11 is 0. The second-order valence-electron chi connectivity index (χ2n) is 8.38. The van der Waals surface area contributed by atoms with Crippen LogP contribution in [0.4, 0.5) is 5.69 Å². The molecule has 2 aromatic carbocycles. The van der Waals surface area contributed by atoms with Gasteiger partial charge >= 0.3 is 11.9 Å². The average Bonchev–Trinajstić information content (AvgIpc) is 2.92. The molecule has 0 saturated carbocycles. The summed E-state index contributed by atoms with van der Waals surface area (Å²) in [6.45, 7) is 3.36. The van der Waals surface area contributed by atoms with Gasteiger partial charge in [0.25, 0.3) is 0 Å². The number of ether oxygens (including phenoxy) is 2. The summed E-state index contributed by atoms with van der Waals surface area (Å²) in [4.78, 5) is 31.0. The van der Waals surface area contributed by atoms with Crippen molar-refractivity contribution in [1.29, 1.82) is 0 Å². The standard InChI is InChI=1S/C23H31N3O5S.C2H2O4/c1-17(24-16-18-7-12-21(30-2)22(15-18)31-3)23(27)25-19-8-10-20(11-9-19)32(28,29)26-13-5-4-6-14-26;3-1(4)2(5)6/h7-12,15,17,24H,4-6,13-14,16H2,1-3H3,(H,25,27);(H,3,4)(H,5,6). The Kier molecular flexibility index (Phi) is 11.5. The number of hydrogen-bond acceptors (Lipinski definition) is 8. The predicted octanol–water partition coefficient (Wildman–Crippen LogP) is 2.15. The van der Waals surface area contributed by atoms with E-state index < -0.39 is 28.0 Å². The van der Waals surface area contributed by atoms with Gasteiger partial charge in [-0.15, -0.1) is 0 Å². The summed E-state index contributed by atoms with van der Waals surface area (Å²) < 4.78 is 37.6. The van der Waals surface area contributed by atoms with Crippen LogP contribution < -0.4 is 20.1 Å². The van der Waals surface area contributed by atoms with E-state index in [1.54, 1.807) is 45.4 Å². The van der Waals surface area contributed by atoms with Crippen LogP contribution in [0.5, 0.6) is 11.5 Å². The number of piperidine rings is 1. The first-order chi connectivity index (χ1) is 18.0. The lowest BCUT2D eigenvalue weighted by atomic mass is 10.2. The van der Waals surface area contributed by atoms with Crippen LogP contribution in [-0.2, 0) is 31.0 Å². The normalized spacial score (nSPS) is 14.4. The maximum atomic E-state index is 12.7. The van der Waals surface area contributed by atoms with Gasteiger partial charge in [-0.05, 0) is 61.7 Å². The molecule has 1 amide bonds. The van der Waals surface area contributed by atoms with E-state index in [1.165, 1.54) is 4.31 Å². The number of methoxy groups -OCH3 is 2. The molecule has 0 radical (unpaired) electrons. The van der Waals surface area contributed by atoms with Crippen molar-refractivity contribution in [3.63, 3.8) is 0 Å². The van der Waals surface area contributed by atoms with Gasteiger partial charge in [0, 0.05) is 25.3 Å². The number of carboxylic acids is 2. The van der Waals surface area contributed by atoms with Crippen LogP contribution in [0, 0.1) is 0 Å². The molecule has 1 unspecified atom stereocenters. The summed E-state index contributed by atoms with van der Waals surface area (Å²) in [5, 5.41) is 20.8. The molecule has 38 heavy (non-hydrogen) atoms. The number of hydrogen-bond donors (Lipinski definition) is 4. The Labute approximate surface area is 221 Å². The highest BCUT2D eigenvalue weighted by Crippen LogP contribution is 2.27. The number of nitrogens with one attached hydrogen (secondary N) is 2. The first kappa shape index (κ1) is 30.5. The molecule has 1 fully saturated rings. The smallest absolute Gasteiger partial charge is 0.414 e. The van der Waals surface area contributed by atoms with E-state index in [9.17, 15) is 13.2 Å². The summed E-state index contributed by atoms with van der Waals surface area (Å²) in [7, 11) is -0.326. The van der Waals surface area contributed by atoms with Crippen molar-refractivity contribution in [3.8, 4) is 11.5 Å². The molecule has 3 rings (SSSR count). The van der Waals surface area contributed by atoms with Crippen LogP contribution in [0.2, 0.25) is 0 Å². The SMILES string of the molecule is COc1ccc(CNC(C)C(=O)Nc2ccc(S(=O)(=O)N3CCCCC3)cc2)cc1OC.O=C(O)C(=O)O. The molecule has 1 saturated heterocycles. The third kappa shape index (κ3) is 8.71. The summed E-state index contributed by atoms with van der Waals surface area (Å²) in [6.07, 6.45) is 2.85. The Balaban J connectivity index is 0.000000757. The van der Waals surface area contributed by atoms with Crippen LogP contribution in [-0.4, -0.2) is 74.1 Å². The number of nitrogens with zero attached hydrogens (tertiary/aromatic N) is 1. The van der Waals surface area contributed by atoms with E-state index in [0.29, 0.717) is 36.8 Å². The van der Waals surface area contributed by atoms with Crippen LogP contribution in [0.3, 0.4) is 0 Å². The van der Waals surface area contributed by atoms with E-state index in [1.807, 2.05) is 18.2 Å². The van der Waals surface area contributed by atoms with Crippen molar-refractivity contribution in [2.45, 2.75) is 43.7 Å². The molecule has 208 valence electrons. The maximum absolute atomic E-state index is 12.7. The van der Waals surface area contributed by atoms with E-state index in [-0.39, 0.29) is 10.8 Å². The second-order valence-corrected chi connectivity index (χ2v) is 10.3. The number of sulfonamides is 1. The summed E-state index contributed by atoms with van der Waals surface area (Å²) in [6, 6.07) is 11.5. The van der Waals surface area contributed by atoms with Crippen molar-refractivity contribution in [3.05, 3.63) is 48.0 Å². The zero-order chi connectivity index (χ0) is 28.3. The van der Waals surface area contributed by atoms with Crippen LogP contribution in [0.15, 0.2) is 47.4 Å². The minimum Gasteiger partial charge on any atom is -0.493 e. The van der Waals surface area contributed by atoms with Crippen molar-refractivity contribution < 1.29 is 42.5 Å². The van der Waals surface area contributed by atoms with Gasteiger partial charge in [0.15, 0.2) is 11.5 Å². The summed E-state index contributed by atoms with van der Waals surface area (Å²) in [5.41, 5.74) is 1.50. The van der Waals surface area contributed by atoms with Gasteiger partial charge in [-0.1, -0.05) is 12.5 Å². The molecular weight excluding hydrogens is 518 g/mol. The van der Waals surface area contributed by atoms with Crippen molar-refractivity contribution in [2.75, 3.05) is 32.6 Å². The van der Waals surface area contributed by atoms with Crippen molar-refractivity contribution >= 4 is 33.6 Å². The lowest BCUT2D eigenvalue weighted by Crippen LogP contribution is -2.37. The largest absolute Gasteiger partial charge is 0.493 e. The molecule has 0 spiro atoms. The molecule has 1 aliphatic rings. The van der Waals surface area contributed by atoms with Crippen LogP contribution in [0.25, 0.3) is 0 Å². The Morgan fingerprint density at radius 3 is 2.03 bits per heavy atom. The zero-order valence-corrected chi connectivity index (χ0v) is 22.3. The number of carboxylic acid groups (broad SMARTS) is 2. The maximum Gasteiger partial charge on any atom is 0.414 e. The molecule has 1 heterocycles. The Bertz CT molecular complexity index is 1200. The van der Waals surface area contributed by atoms with Gasteiger partial charge in [0.1, 0.15) is 0 Å². The molecule has 13 heteroatoms. The second kappa shape index (κ2) is 14.3. The Morgan fingerprint density at radius 1 is 0.921 bits per heavy atom. The third-order valence-electron chi connectivity index (χ3n) is 5.71. The number of carbonyl (C=O) groups is 3. The quantitative estimate of drug-likeness (QED) is 0.338. The highest BCUT2D eigenvalue weighted by atomic mass is 32.2. The molecule has 2 aromatic rings. The van der Waals surface area contributed by atoms with E-state index in [2.05, 4.69) is 10.6 Å². The van der Waals surface area contributed by atoms with Crippen molar-refractivity contribution in [2.24, 2.45) is 0 Å². The zero-order valence-electron chi connectivity index (χ0n) is 21.5. The lowest BCUT2D eigenvalue weighted by Gasteiger charge is -2.25. The van der Waals surface area contributed by atoms with Gasteiger partial charge in [0.05, 0.1) is 25.2 Å². The molecule has 1 aliphatic heterocycles. The lowest BCUT2D eigenvalue weighted by molar-refractivity contribution is -0.159. The third-order valence-corrected chi connectivity index (χ3v) is 7.62. The van der Waals surface area contributed by atoms with Gasteiger partial charge < -0.3 is 30.3 Å². The Morgan fingerprint density at radius 2 is 1.50 bits per heavy atom. The van der Waals surface area contributed by atoms with Gasteiger partial charge in [-0.25, -0.2) is 18.0 Å². The monoisotopic (exact) mass is 551 g/mol. The molecule has 4 N–H and O–H groups in total. The highest BCUT2D eigenvalue weighted by Gasteiger charge is 2.25. The van der Waals surface area contributed by atoms with E-state index in [4.69, 9.17) is 29.3 Å². The fourth-order valence-corrected chi connectivity index (χ4v) is 5.09. The molecular formula is C25H33N3O9S. The predicted molar refractivity (Wildman–Crippen MR) is 139 cm³/mol. The van der Waals surface area contributed by atoms with Gasteiger partial charge in [-0.3, -0.25) is 4.79 Å². The molecule has 1 atom stereocenters. The van der Waals surface area contributed by atoms with Gasteiger partial charge in [0.2, 0.25) is 15.9 Å². The highest BCUT2D eigenvalue weighted by molar-refractivity contribution is 7.89. The summed E-state index contributed by atoms with van der Waals surface area (Å²) in [5.74, 6) is -2.58. The fourth-order valence-electron chi connectivity index (χ4n) is 3.57. The van der Waals surface area contributed by atoms with Gasteiger partial charge in [-0.2, -0.15) is 4.31 Å². The minimum absolute atomic E-state index is 0.211. The number of carbonyl (C=O) groups excluding carboxylic acids is 1. The first-order valence-corrected chi connectivity index (χ1v) is 13.2. The van der Waals surface area contributed by atoms with E-state index >= 15 is 0 Å². The Hall–Kier alpha value is -3.68.